The lowest BCUT2D eigenvalue weighted by molar-refractivity contribution is -0.384. The predicted octanol–water partition coefficient (Wildman–Crippen LogP) is 5.14. The van der Waals surface area contributed by atoms with E-state index < -0.39 is 16.1 Å². The lowest BCUT2D eigenvalue weighted by Crippen LogP contribution is -2.27. The second-order valence-electron chi connectivity index (χ2n) is 5.32. The van der Waals surface area contributed by atoms with Gasteiger partial charge in [0.05, 0.1) is 16.4 Å². The number of amides is 2. The number of halogens is 2. The lowest BCUT2D eigenvalue weighted by atomic mass is 10.2. The smallest absolute Gasteiger partial charge is 0.268 e. The highest BCUT2D eigenvalue weighted by atomic mass is 35.5. The van der Waals surface area contributed by atoms with Gasteiger partial charge in [0.25, 0.3) is 16.8 Å². The molecule has 1 saturated heterocycles. The molecule has 0 aliphatic carbocycles. The quantitative estimate of drug-likeness (QED) is 0.397. The fourth-order valence-electron chi connectivity index (χ4n) is 2.36. The fraction of sp³-hybridized carbons (Fsp3) is 0.0588. The molecule has 0 bridgehead atoms. The summed E-state index contributed by atoms with van der Waals surface area (Å²) in [6.07, 6.45) is 1.45. The summed E-state index contributed by atoms with van der Waals surface area (Å²) in [5, 5.41) is 11.1. The highest BCUT2D eigenvalue weighted by molar-refractivity contribution is 8.18. The second kappa shape index (κ2) is 7.49. The van der Waals surface area contributed by atoms with Gasteiger partial charge < -0.3 is 0 Å². The molecule has 0 saturated carbocycles. The van der Waals surface area contributed by atoms with Crippen molar-refractivity contribution in [2.45, 2.75) is 6.54 Å². The monoisotopic (exact) mass is 408 g/mol. The van der Waals surface area contributed by atoms with E-state index in [1.54, 1.807) is 24.3 Å². The van der Waals surface area contributed by atoms with E-state index in [2.05, 4.69) is 0 Å². The summed E-state index contributed by atoms with van der Waals surface area (Å²) in [5.74, 6) is -0.498. The molecule has 26 heavy (non-hydrogen) atoms. The van der Waals surface area contributed by atoms with Gasteiger partial charge in [-0.15, -0.1) is 0 Å². The second-order valence-corrected chi connectivity index (χ2v) is 7.13. The molecule has 132 valence electrons. The maximum atomic E-state index is 12.6. The van der Waals surface area contributed by atoms with Crippen molar-refractivity contribution in [3.05, 3.63) is 78.7 Å². The molecule has 1 heterocycles. The van der Waals surface area contributed by atoms with Crippen molar-refractivity contribution in [3.8, 4) is 0 Å². The van der Waals surface area contributed by atoms with Crippen LogP contribution in [0, 0.1) is 10.1 Å². The Bertz CT molecular complexity index is 941. The molecule has 3 rings (SSSR count). The van der Waals surface area contributed by atoms with Crippen LogP contribution in [0.5, 0.6) is 0 Å². The number of thioether (sulfide) groups is 1. The van der Waals surface area contributed by atoms with Crippen LogP contribution in [0.4, 0.5) is 10.5 Å². The van der Waals surface area contributed by atoms with E-state index in [4.69, 9.17) is 23.2 Å². The molecule has 2 amide bonds. The number of carbonyl (C=O) groups is 2. The number of nitro groups is 1. The van der Waals surface area contributed by atoms with E-state index in [1.807, 2.05) is 0 Å². The summed E-state index contributed by atoms with van der Waals surface area (Å²) in [7, 11) is 0. The van der Waals surface area contributed by atoms with E-state index in [0.29, 0.717) is 21.2 Å². The average molecular weight is 409 g/mol. The van der Waals surface area contributed by atoms with Gasteiger partial charge in [-0.3, -0.25) is 24.6 Å². The van der Waals surface area contributed by atoms with Gasteiger partial charge in [-0.05, 0) is 35.5 Å². The van der Waals surface area contributed by atoms with Crippen molar-refractivity contribution < 1.29 is 14.5 Å². The molecule has 0 aromatic heterocycles. The van der Waals surface area contributed by atoms with Gasteiger partial charge in [-0.2, -0.15) is 0 Å². The van der Waals surface area contributed by atoms with Gasteiger partial charge in [-0.25, -0.2) is 0 Å². The standard InChI is InChI=1S/C17H10Cl2N2O4S/c18-13-5-2-6-14(19)12(13)9-20-16(22)15(26-17(20)23)8-10-3-1-4-11(7-10)21(24)25/h1-8H,9H2/b15-8-. The van der Waals surface area contributed by atoms with Crippen LogP contribution in [0.3, 0.4) is 0 Å². The predicted molar refractivity (Wildman–Crippen MR) is 101 cm³/mol. The van der Waals surface area contributed by atoms with Crippen LogP contribution in [0.25, 0.3) is 6.08 Å². The van der Waals surface area contributed by atoms with E-state index in [-0.39, 0.29) is 17.1 Å². The Morgan fingerprint density at radius 1 is 1.12 bits per heavy atom. The van der Waals surface area contributed by atoms with Crippen molar-refractivity contribution in [1.29, 1.82) is 0 Å². The number of non-ortho nitro benzene ring substituents is 1. The number of nitro benzene ring substituents is 1. The normalized spacial score (nSPS) is 15.8. The van der Waals surface area contributed by atoms with Gasteiger partial charge in [0.2, 0.25) is 0 Å². The first-order valence-electron chi connectivity index (χ1n) is 7.29. The number of benzene rings is 2. The van der Waals surface area contributed by atoms with E-state index in [9.17, 15) is 19.7 Å². The Morgan fingerprint density at radius 3 is 2.42 bits per heavy atom. The van der Waals surface area contributed by atoms with Crippen LogP contribution in [-0.2, 0) is 11.3 Å². The fourth-order valence-corrected chi connectivity index (χ4v) is 3.71. The van der Waals surface area contributed by atoms with Gasteiger partial charge in [0.1, 0.15) is 0 Å². The Morgan fingerprint density at radius 2 is 1.77 bits per heavy atom. The van der Waals surface area contributed by atoms with Crippen molar-refractivity contribution >= 4 is 57.9 Å². The third-order valence-electron chi connectivity index (χ3n) is 3.63. The third-order valence-corrected chi connectivity index (χ3v) is 5.25. The first-order chi connectivity index (χ1) is 12.4. The molecule has 2 aromatic rings. The number of hydrogen-bond donors (Lipinski definition) is 0. The van der Waals surface area contributed by atoms with Gasteiger partial charge in [-0.1, -0.05) is 41.4 Å². The molecule has 2 aromatic carbocycles. The summed E-state index contributed by atoms with van der Waals surface area (Å²) in [4.78, 5) is 36.3. The number of nitrogens with zero attached hydrogens (tertiary/aromatic N) is 2. The zero-order valence-electron chi connectivity index (χ0n) is 13.0. The molecule has 0 atom stereocenters. The van der Waals surface area contributed by atoms with Crippen LogP contribution in [-0.4, -0.2) is 21.0 Å². The summed E-state index contributed by atoms with van der Waals surface area (Å²) >= 11 is 13.0. The van der Waals surface area contributed by atoms with Crippen LogP contribution in [0.1, 0.15) is 11.1 Å². The largest absolute Gasteiger partial charge is 0.293 e. The average Bonchev–Trinajstić information content (AvgIpc) is 2.85. The zero-order valence-corrected chi connectivity index (χ0v) is 15.3. The number of rotatable bonds is 4. The third kappa shape index (κ3) is 3.75. The Labute approximate surface area is 162 Å². The van der Waals surface area contributed by atoms with Crippen molar-refractivity contribution in [2.24, 2.45) is 0 Å². The molecule has 0 radical (unpaired) electrons. The van der Waals surface area contributed by atoms with Gasteiger partial charge >= 0.3 is 0 Å². The summed E-state index contributed by atoms with van der Waals surface area (Å²) in [6.45, 7) is -0.0462. The van der Waals surface area contributed by atoms with E-state index in [0.717, 1.165) is 16.7 Å². The molecule has 0 spiro atoms. The van der Waals surface area contributed by atoms with Crippen LogP contribution < -0.4 is 0 Å². The maximum Gasteiger partial charge on any atom is 0.293 e. The minimum absolute atomic E-state index is 0.0462. The van der Waals surface area contributed by atoms with Gasteiger partial charge in [0, 0.05) is 27.7 Å². The molecule has 0 unspecified atom stereocenters. The molecule has 9 heteroatoms. The molecular weight excluding hydrogens is 399 g/mol. The molecule has 1 aliphatic rings. The first-order valence-corrected chi connectivity index (χ1v) is 8.87. The molecule has 6 nitrogen and oxygen atoms in total. The highest BCUT2D eigenvalue weighted by Gasteiger charge is 2.35. The maximum absolute atomic E-state index is 12.6. The summed E-state index contributed by atoms with van der Waals surface area (Å²) in [5.41, 5.74) is 0.844. The molecule has 1 aliphatic heterocycles. The zero-order chi connectivity index (χ0) is 18.8. The van der Waals surface area contributed by atoms with E-state index in [1.165, 1.54) is 24.3 Å². The minimum Gasteiger partial charge on any atom is -0.268 e. The topological polar surface area (TPSA) is 80.5 Å². The number of hydrogen-bond acceptors (Lipinski definition) is 5. The van der Waals surface area contributed by atoms with Crippen LogP contribution in [0.2, 0.25) is 10.0 Å². The SMILES string of the molecule is O=C1S/C(=C\c2cccc([N+](=O)[O-])c2)C(=O)N1Cc1c(Cl)cccc1Cl. The molecule has 1 fully saturated rings. The highest BCUT2D eigenvalue weighted by Crippen LogP contribution is 2.35. The van der Waals surface area contributed by atoms with E-state index >= 15 is 0 Å². The first kappa shape index (κ1) is 18.4. The van der Waals surface area contributed by atoms with Crippen molar-refractivity contribution in [2.75, 3.05) is 0 Å². The van der Waals surface area contributed by atoms with Crippen molar-refractivity contribution in [3.63, 3.8) is 0 Å². The molecule has 0 N–H and O–H groups in total. The summed E-state index contributed by atoms with van der Waals surface area (Å²) < 4.78 is 0. The number of carbonyl (C=O) groups excluding carboxylic acids is 2. The Kier molecular flexibility index (Phi) is 5.31. The number of imide groups is 1. The minimum atomic E-state index is -0.525. The lowest BCUT2D eigenvalue weighted by Gasteiger charge is -2.14. The van der Waals surface area contributed by atoms with Crippen molar-refractivity contribution in [1.82, 2.24) is 4.90 Å². The van der Waals surface area contributed by atoms with Crippen LogP contribution in [0.15, 0.2) is 47.4 Å². The molecular formula is C17H10Cl2N2O4S. The Balaban J connectivity index is 1.87. The van der Waals surface area contributed by atoms with Crippen LogP contribution >= 0.6 is 35.0 Å². The Hall–Kier alpha value is -2.35. The van der Waals surface area contributed by atoms with Gasteiger partial charge in [0.15, 0.2) is 0 Å². The summed E-state index contributed by atoms with van der Waals surface area (Å²) in [6, 6.07) is 10.7.